The van der Waals surface area contributed by atoms with E-state index in [9.17, 15) is 4.79 Å². The molecule has 0 unspecified atom stereocenters. The third-order valence-electron chi connectivity index (χ3n) is 3.80. The van der Waals surface area contributed by atoms with E-state index in [1.807, 2.05) is 29.6 Å². The normalized spacial score (nSPS) is 10.7. The molecule has 0 bridgehead atoms. The molecule has 27 heavy (non-hydrogen) atoms. The average Bonchev–Trinajstić information content (AvgIpc) is 3.35. The molecule has 4 aromatic rings. The number of methoxy groups -OCH3 is 1. The highest BCUT2D eigenvalue weighted by Gasteiger charge is 2.14. The molecule has 0 aliphatic heterocycles. The molecule has 0 atom stereocenters. The lowest BCUT2D eigenvalue weighted by Crippen LogP contribution is -2.12. The summed E-state index contributed by atoms with van der Waals surface area (Å²) < 4.78 is 12.1. The van der Waals surface area contributed by atoms with Crippen LogP contribution in [0, 0.1) is 0 Å². The van der Waals surface area contributed by atoms with Gasteiger partial charge in [-0.25, -0.2) is 9.97 Å². The van der Waals surface area contributed by atoms with Gasteiger partial charge in [-0.15, -0.1) is 11.3 Å². The van der Waals surface area contributed by atoms with Gasteiger partial charge in [0.15, 0.2) is 16.6 Å². The van der Waals surface area contributed by atoms with E-state index in [0.717, 1.165) is 15.9 Å². The zero-order chi connectivity index (χ0) is 18.6. The zero-order valence-corrected chi connectivity index (χ0v) is 16.0. The monoisotopic (exact) mass is 397 g/mol. The second-order valence-electron chi connectivity index (χ2n) is 5.57. The Kier molecular flexibility index (Phi) is 4.99. The van der Waals surface area contributed by atoms with Crippen LogP contribution >= 0.6 is 22.7 Å². The van der Waals surface area contributed by atoms with Gasteiger partial charge in [-0.1, -0.05) is 23.5 Å². The van der Waals surface area contributed by atoms with E-state index in [1.165, 1.54) is 22.7 Å². The van der Waals surface area contributed by atoms with Crippen molar-refractivity contribution >= 4 is 43.9 Å². The third kappa shape index (κ3) is 3.91. The van der Waals surface area contributed by atoms with Crippen LogP contribution in [0.2, 0.25) is 0 Å². The molecule has 2 heterocycles. The van der Waals surface area contributed by atoms with Gasteiger partial charge in [0.05, 0.1) is 28.5 Å². The smallest absolute Gasteiger partial charge is 0.257 e. The number of rotatable bonds is 6. The fraction of sp³-hybridized carbons (Fsp3) is 0.105. The van der Waals surface area contributed by atoms with Crippen molar-refractivity contribution in [1.82, 2.24) is 9.97 Å². The molecule has 0 fully saturated rings. The number of amides is 1. The number of aromatic nitrogens is 2. The largest absolute Gasteiger partial charge is 0.493 e. The molecule has 0 saturated carbocycles. The van der Waals surface area contributed by atoms with Gasteiger partial charge in [0.2, 0.25) is 0 Å². The number of thiazole rings is 2. The molecule has 4 rings (SSSR count). The molecule has 2 aromatic carbocycles. The van der Waals surface area contributed by atoms with Gasteiger partial charge in [-0.2, -0.15) is 0 Å². The van der Waals surface area contributed by atoms with Crippen molar-refractivity contribution in [2.24, 2.45) is 0 Å². The summed E-state index contributed by atoms with van der Waals surface area (Å²) in [7, 11) is 1.54. The van der Waals surface area contributed by atoms with Crippen molar-refractivity contribution < 1.29 is 14.3 Å². The number of hydrogen-bond donors (Lipinski definition) is 1. The Morgan fingerprint density at radius 2 is 2.07 bits per heavy atom. The molecular weight excluding hydrogens is 382 g/mol. The van der Waals surface area contributed by atoms with Crippen molar-refractivity contribution in [1.29, 1.82) is 0 Å². The topological polar surface area (TPSA) is 73.3 Å². The van der Waals surface area contributed by atoms with E-state index in [-0.39, 0.29) is 5.91 Å². The molecule has 0 saturated heterocycles. The summed E-state index contributed by atoms with van der Waals surface area (Å²) in [5.41, 5.74) is 3.93. The number of nitrogens with one attached hydrogen (secondary N) is 1. The summed E-state index contributed by atoms with van der Waals surface area (Å²) >= 11 is 2.95. The van der Waals surface area contributed by atoms with Crippen LogP contribution in [-0.4, -0.2) is 23.0 Å². The molecule has 0 aliphatic rings. The quantitative estimate of drug-likeness (QED) is 0.515. The Morgan fingerprint density at radius 3 is 2.85 bits per heavy atom. The minimum absolute atomic E-state index is 0.251. The molecule has 136 valence electrons. The van der Waals surface area contributed by atoms with Gasteiger partial charge < -0.3 is 9.47 Å². The molecule has 8 heteroatoms. The summed E-state index contributed by atoms with van der Waals surface area (Å²) in [6.07, 6.45) is 0. The molecule has 0 aliphatic carbocycles. The number of anilines is 1. The van der Waals surface area contributed by atoms with E-state index in [4.69, 9.17) is 9.47 Å². The zero-order valence-electron chi connectivity index (χ0n) is 14.3. The van der Waals surface area contributed by atoms with Crippen molar-refractivity contribution in [3.8, 4) is 11.5 Å². The van der Waals surface area contributed by atoms with Gasteiger partial charge >= 0.3 is 0 Å². The summed E-state index contributed by atoms with van der Waals surface area (Å²) in [5, 5.41) is 5.32. The lowest BCUT2D eigenvalue weighted by atomic mass is 10.2. The van der Waals surface area contributed by atoms with E-state index >= 15 is 0 Å². The first kappa shape index (κ1) is 17.4. The minimum atomic E-state index is -0.251. The van der Waals surface area contributed by atoms with E-state index in [2.05, 4.69) is 15.3 Å². The Hall–Kier alpha value is -2.97. The summed E-state index contributed by atoms with van der Waals surface area (Å²) in [6.45, 7) is 0.344. The van der Waals surface area contributed by atoms with Crippen LogP contribution in [0.3, 0.4) is 0 Å². The molecule has 0 spiro atoms. The SMILES string of the molecule is COc1cc(C(=O)Nc2nc3ccccc3s2)ccc1OCc1cscn1. The molecule has 0 radical (unpaired) electrons. The number of hydrogen-bond acceptors (Lipinski definition) is 7. The van der Waals surface area contributed by atoms with Crippen LogP contribution in [-0.2, 0) is 6.61 Å². The predicted octanol–water partition coefficient (Wildman–Crippen LogP) is 4.59. The maximum Gasteiger partial charge on any atom is 0.257 e. The van der Waals surface area contributed by atoms with E-state index < -0.39 is 0 Å². The first-order valence-electron chi connectivity index (χ1n) is 8.08. The van der Waals surface area contributed by atoms with Gasteiger partial charge in [-0.3, -0.25) is 10.1 Å². The van der Waals surface area contributed by atoms with E-state index in [1.54, 1.807) is 30.8 Å². The molecule has 1 N–H and O–H groups in total. The highest BCUT2D eigenvalue weighted by molar-refractivity contribution is 7.22. The van der Waals surface area contributed by atoms with Crippen LogP contribution < -0.4 is 14.8 Å². The summed E-state index contributed by atoms with van der Waals surface area (Å²) in [4.78, 5) is 21.2. The second-order valence-corrected chi connectivity index (χ2v) is 7.32. The van der Waals surface area contributed by atoms with Gasteiger partial charge in [-0.05, 0) is 30.3 Å². The first-order valence-corrected chi connectivity index (χ1v) is 9.83. The third-order valence-corrected chi connectivity index (χ3v) is 5.39. The van der Waals surface area contributed by atoms with Crippen molar-refractivity contribution in [3.63, 3.8) is 0 Å². The average molecular weight is 397 g/mol. The molecular formula is C19H15N3O3S2. The second kappa shape index (κ2) is 7.73. The number of carbonyl (C=O) groups is 1. The standard InChI is InChI=1S/C19H15N3O3S2/c1-24-16-8-12(6-7-15(16)25-9-13-10-26-11-20-13)18(23)22-19-21-14-4-2-3-5-17(14)27-19/h2-8,10-11H,9H2,1H3,(H,21,22,23). The lowest BCUT2D eigenvalue weighted by molar-refractivity contribution is 0.102. The Bertz CT molecular complexity index is 1040. The Labute approximate surface area is 163 Å². The minimum Gasteiger partial charge on any atom is -0.493 e. The number of carbonyl (C=O) groups excluding carboxylic acids is 1. The number of ether oxygens (including phenoxy) is 2. The van der Waals surface area contributed by atoms with Gasteiger partial charge in [0.25, 0.3) is 5.91 Å². The van der Waals surface area contributed by atoms with Crippen molar-refractivity contribution in [2.75, 3.05) is 12.4 Å². The molecule has 2 aromatic heterocycles. The highest BCUT2D eigenvalue weighted by atomic mass is 32.1. The van der Waals surface area contributed by atoms with Crippen LogP contribution in [0.15, 0.2) is 53.4 Å². The van der Waals surface area contributed by atoms with Crippen molar-refractivity contribution in [3.05, 3.63) is 64.6 Å². The summed E-state index contributed by atoms with van der Waals surface area (Å²) in [6, 6.07) is 12.8. The van der Waals surface area contributed by atoms with Crippen LogP contribution in [0.4, 0.5) is 5.13 Å². The van der Waals surface area contributed by atoms with E-state index in [0.29, 0.717) is 28.8 Å². The maximum absolute atomic E-state index is 12.6. The highest BCUT2D eigenvalue weighted by Crippen LogP contribution is 2.30. The fourth-order valence-electron chi connectivity index (χ4n) is 2.48. The van der Waals surface area contributed by atoms with Gasteiger partial charge in [0, 0.05) is 10.9 Å². The lowest BCUT2D eigenvalue weighted by Gasteiger charge is -2.11. The number of fused-ring (bicyclic) bond motifs is 1. The van der Waals surface area contributed by atoms with Gasteiger partial charge in [0.1, 0.15) is 6.61 Å². The molecule has 1 amide bonds. The number of para-hydroxylation sites is 1. The Morgan fingerprint density at radius 1 is 1.19 bits per heavy atom. The number of nitrogens with zero attached hydrogens (tertiary/aromatic N) is 2. The Balaban J connectivity index is 1.49. The maximum atomic E-state index is 12.6. The summed E-state index contributed by atoms with van der Waals surface area (Å²) in [5.74, 6) is 0.794. The van der Waals surface area contributed by atoms with Crippen LogP contribution in [0.5, 0.6) is 11.5 Å². The fourth-order valence-corrected chi connectivity index (χ4v) is 3.89. The predicted molar refractivity (Wildman–Crippen MR) is 107 cm³/mol. The number of benzene rings is 2. The van der Waals surface area contributed by atoms with Crippen molar-refractivity contribution in [2.45, 2.75) is 6.61 Å². The van der Waals surface area contributed by atoms with Crippen LogP contribution in [0.1, 0.15) is 16.1 Å². The van der Waals surface area contributed by atoms with Crippen LogP contribution in [0.25, 0.3) is 10.2 Å². The molecule has 6 nitrogen and oxygen atoms in total. The first-order chi connectivity index (χ1) is 13.2.